The molecule has 0 aliphatic carbocycles. The summed E-state index contributed by atoms with van der Waals surface area (Å²) in [5.41, 5.74) is 1.88. The predicted molar refractivity (Wildman–Crippen MR) is 72.9 cm³/mol. The maximum atomic E-state index is 10.00. The van der Waals surface area contributed by atoms with Gasteiger partial charge in [0.1, 0.15) is 5.75 Å². The molecule has 2 N–H and O–H groups in total. The van der Waals surface area contributed by atoms with Gasteiger partial charge in [-0.25, -0.2) is 0 Å². The summed E-state index contributed by atoms with van der Waals surface area (Å²) >= 11 is 0. The molecule has 2 rings (SSSR count). The van der Waals surface area contributed by atoms with Crippen LogP contribution in [0.2, 0.25) is 0 Å². The van der Waals surface area contributed by atoms with Crippen molar-refractivity contribution in [2.75, 3.05) is 19.0 Å². The lowest BCUT2D eigenvalue weighted by molar-refractivity contribution is 0.191. The molecule has 0 aliphatic heterocycles. The van der Waals surface area contributed by atoms with Crippen molar-refractivity contribution in [3.05, 3.63) is 60.2 Å². The first-order valence-corrected chi connectivity index (χ1v) is 5.90. The Balaban J connectivity index is 1.91. The minimum atomic E-state index is -0.506. The van der Waals surface area contributed by atoms with Gasteiger partial charge in [0.25, 0.3) is 0 Å². The lowest BCUT2D eigenvalue weighted by Gasteiger charge is -2.13. The summed E-state index contributed by atoms with van der Waals surface area (Å²) in [5, 5.41) is 13.2. The standard InChI is InChI=1S/C15H17NO2/c1-18-14-9-7-13(8-10-14)16-11-15(17)12-5-3-2-4-6-12/h2-10,15-17H,11H2,1H3/t15-/m1/s1. The van der Waals surface area contributed by atoms with Gasteiger partial charge >= 0.3 is 0 Å². The van der Waals surface area contributed by atoms with Crippen molar-refractivity contribution >= 4 is 5.69 Å². The Morgan fingerprint density at radius 2 is 1.72 bits per heavy atom. The summed E-state index contributed by atoms with van der Waals surface area (Å²) < 4.78 is 5.09. The maximum Gasteiger partial charge on any atom is 0.119 e. The molecule has 3 heteroatoms. The molecule has 0 saturated carbocycles. The van der Waals surface area contributed by atoms with Gasteiger partial charge in [0.05, 0.1) is 13.2 Å². The van der Waals surface area contributed by atoms with Crippen LogP contribution < -0.4 is 10.1 Å². The van der Waals surface area contributed by atoms with Crippen molar-refractivity contribution in [3.63, 3.8) is 0 Å². The van der Waals surface area contributed by atoms with Gasteiger partial charge in [-0.05, 0) is 29.8 Å². The Hall–Kier alpha value is -2.00. The number of anilines is 1. The highest BCUT2D eigenvalue weighted by Crippen LogP contribution is 2.17. The fraction of sp³-hybridized carbons (Fsp3) is 0.200. The molecule has 0 aromatic heterocycles. The minimum Gasteiger partial charge on any atom is -0.497 e. The zero-order valence-electron chi connectivity index (χ0n) is 10.3. The van der Waals surface area contributed by atoms with Gasteiger partial charge in [-0.3, -0.25) is 0 Å². The van der Waals surface area contributed by atoms with Crippen molar-refractivity contribution < 1.29 is 9.84 Å². The number of ether oxygens (including phenoxy) is 1. The average Bonchev–Trinajstić information content (AvgIpc) is 2.46. The van der Waals surface area contributed by atoms with E-state index in [1.807, 2.05) is 54.6 Å². The molecule has 0 amide bonds. The monoisotopic (exact) mass is 243 g/mol. The van der Waals surface area contributed by atoms with Crippen LogP contribution >= 0.6 is 0 Å². The minimum absolute atomic E-state index is 0.482. The van der Waals surface area contributed by atoms with Gasteiger partial charge in [-0.2, -0.15) is 0 Å². The number of methoxy groups -OCH3 is 1. The third kappa shape index (κ3) is 3.25. The number of hydrogen-bond acceptors (Lipinski definition) is 3. The topological polar surface area (TPSA) is 41.5 Å². The van der Waals surface area contributed by atoms with Crippen LogP contribution in [0.1, 0.15) is 11.7 Å². The average molecular weight is 243 g/mol. The summed E-state index contributed by atoms with van der Waals surface area (Å²) in [7, 11) is 1.64. The molecule has 1 atom stereocenters. The zero-order chi connectivity index (χ0) is 12.8. The lowest BCUT2D eigenvalue weighted by atomic mass is 10.1. The van der Waals surface area contributed by atoms with E-state index in [0.29, 0.717) is 6.54 Å². The van der Waals surface area contributed by atoms with Crippen LogP contribution in [0.25, 0.3) is 0 Å². The van der Waals surface area contributed by atoms with E-state index in [9.17, 15) is 5.11 Å². The van der Waals surface area contributed by atoms with Crippen LogP contribution in [0, 0.1) is 0 Å². The number of nitrogens with one attached hydrogen (secondary N) is 1. The number of aliphatic hydroxyl groups excluding tert-OH is 1. The molecule has 3 nitrogen and oxygen atoms in total. The highest BCUT2D eigenvalue weighted by atomic mass is 16.5. The predicted octanol–water partition coefficient (Wildman–Crippen LogP) is 2.84. The Bertz CT molecular complexity index is 468. The SMILES string of the molecule is COc1ccc(NC[C@@H](O)c2ccccc2)cc1. The molecule has 0 spiro atoms. The Labute approximate surface area is 107 Å². The molecule has 2 aromatic carbocycles. The Morgan fingerprint density at radius 3 is 2.33 bits per heavy atom. The van der Waals surface area contributed by atoms with Crippen LogP contribution in [0.15, 0.2) is 54.6 Å². The quantitative estimate of drug-likeness (QED) is 0.848. The van der Waals surface area contributed by atoms with Gasteiger partial charge in [0, 0.05) is 12.2 Å². The van der Waals surface area contributed by atoms with Gasteiger partial charge < -0.3 is 15.2 Å². The number of hydrogen-bond donors (Lipinski definition) is 2. The number of rotatable bonds is 5. The second-order valence-electron chi connectivity index (χ2n) is 4.04. The molecule has 94 valence electrons. The number of benzene rings is 2. The van der Waals surface area contributed by atoms with E-state index in [4.69, 9.17) is 4.74 Å². The van der Waals surface area contributed by atoms with Gasteiger partial charge in [0.2, 0.25) is 0 Å². The molecule has 18 heavy (non-hydrogen) atoms. The van der Waals surface area contributed by atoms with Crippen molar-refractivity contribution in [2.24, 2.45) is 0 Å². The molecule has 0 aliphatic rings. The van der Waals surface area contributed by atoms with Gasteiger partial charge in [0.15, 0.2) is 0 Å². The smallest absolute Gasteiger partial charge is 0.119 e. The molecule has 2 aromatic rings. The Kier molecular flexibility index (Phi) is 4.20. The summed E-state index contributed by atoms with van der Waals surface area (Å²) in [6.07, 6.45) is -0.506. The van der Waals surface area contributed by atoms with E-state index in [1.54, 1.807) is 7.11 Å². The fourth-order valence-electron chi connectivity index (χ4n) is 1.72. The highest BCUT2D eigenvalue weighted by molar-refractivity contribution is 5.46. The van der Waals surface area contributed by atoms with Crippen molar-refractivity contribution in [1.82, 2.24) is 0 Å². The molecule has 0 fully saturated rings. The van der Waals surface area contributed by atoms with Crippen molar-refractivity contribution in [3.8, 4) is 5.75 Å². The summed E-state index contributed by atoms with van der Waals surface area (Å²) in [6.45, 7) is 0.482. The molecule has 0 heterocycles. The Morgan fingerprint density at radius 1 is 1.06 bits per heavy atom. The van der Waals surface area contributed by atoms with E-state index in [-0.39, 0.29) is 0 Å². The molecular formula is C15H17NO2. The van der Waals surface area contributed by atoms with Crippen LogP contribution in [-0.2, 0) is 0 Å². The maximum absolute atomic E-state index is 10.00. The van der Waals surface area contributed by atoms with Crippen molar-refractivity contribution in [1.29, 1.82) is 0 Å². The molecule has 0 bridgehead atoms. The summed E-state index contributed by atoms with van der Waals surface area (Å²) in [5.74, 6) is 0.823. The second kappa shape index (κ2) is 6.07. The van der Waals surface area contributed by atoms with E-state index in [0.717, 1.165) is 17.0 Å². The molecular weight excluding hydrogens is 226 g/mol. The van der Waals surface area contributed by atoms with Gasteiger partial charge in [-0.1, -0.05) is 30.3 Å². The highest BCUT2D eigenvalue weighted by Gasteiger charge is 2.05. The van der Waals surface area contributed by atoms with E-state index in [2.05, 4.69) is 5.32 Å². The van der Waals surface area contributed by atoms with Crippen molar-refractivity contribution in [2.45, 2.75) is 6.10 Å². The van der Waals surface area contributed by atoms with E-state index < -0.39 is 6.10 Å². The lowest BCUT2D eigenvalue weighted by Crippen LogP contribution is -2.11. The molecule has 0 unspecified atom stereocenters. The van der Waals surface area contributed by atoms with Crippen LogP contribution in [0.3, 0.4) is 0 Å². The van der Waals surface area contributed by atoms with Gasteiger partial charge in [-0.15, -0.1) is 0 Å². The van der Waals surface area contributed by atoms with Crippen LogP contribution in [-0.4, -0.2) is 18.8 Å². The normalized spacial score (nSPS) is 11.9. The third-order valence-electron chi connectivity index (χ3n) is 2.77. The largest absolute Gasteiger partial charge is 0.497 e. The first-order chi connectivity index (χ1) is 8.79. The summed E-state index contributed by atoms with van der Waals surface area (Å²) in [4.78, 5) is 0. The number of aliphatic hydroxyl groups is 1. The third-order valence-corrected chi connectivity index (χ3v) is 2.77. The zero-order valence-corrected chi connectivity index (χ0v) is 10.3. The van der Waals surface area contributed by atoms with E-state index in [1.165, 1.54) is 0 Å². The van der Waals surface area contributed by atoms with E-state index >= 15 is 0 Å². The first kappa shape index (κ1) is 12.5. The van der Waals surface area contributed by atoms with Crippen LogP contribution in [0.4, 0.5) is 5.69 Å². The summed E-state index contributed by atoms with van der Waals surface area (Å²) in [6, 6.07) is 17.2. The van der Waals surface area contributed by atoms with Crippen LogP contribution in [0.5, 0.6) is 5.75 Å². The molecule has 0 radical (unpaired) electrons. The fourth-order valence-corrected chi connectivity index (χ4v) is 1.72. The second-order valence-corrected chi connectivity index (χ2v) is 4.04. The first-order valence-electron chi connectivity index (χ1n) is 5.90. The molecule has 0 saturated heterocycles.